The Labute approximate surface area is 177 Å². The number of likely N-dealkylation sites (tertiary alicyclic amines) is 2. The average molecular weight is 409 g/mol. The predicted molar refractivity (Wildman–Crippen MR) is 114 cm³/mol. The summed E-state index contributed by atoms with van der Waals surface area (Å²) in [4.78, 5) is 18.2. The molecule has 0 unspecified atom stereocenters. The van der Waals surface area contributed by atoms with Crippen LogP contribution in [0.1, 0.15) is 46.8 Å². The van der Waals surface area contributed by atoms with Crippen LogP contribution in [0.5, 0.6) is 5.75 Å². The van der Waals surface area contributed by atoms with Gasteiger partial charge < -0.3 is 9.64 Å². The van der Waals surface area contributed by atoms with Crippen LogP contribution in [0, 0.1) is 24.6 Å². The highest BCUT2D eigenvalue weighted by Crippen LogP contribution is 2.48. The maximum absolute atomic E-state index is 14.3. The van der Waals surface area contributed by atoms with Gasteiger partial charge in [-0.05, 0) is 55.0 Å². The highest BCUT2D eigenvalue weighted by atomic mass is 19.1. The zero-order valence-electron chi connectivity index (χ0n) is 17.7. The van der Waals surface area contributed by atoms with E-state index in [9.17, 15) is 9.18 Å². The summed E-state index contributed by atoms with van der Waals surface area (Å²) in [7, 11) is 1.43. The lowest BCUT2D eigenvalue weighted by Crippen LogP contribution is -2.42. The molecule has 4 nitrogen and oxygen atoms in total. The maximum atomic E-state index is 14.3. The SMILES string of the molecule is COc1ccc(C(=O)N2C[C@@H]3CN(C4CCC4)C[C@@H]3[C@H]2c2ccccc2C)cc1F. The topological polar surface area (TPSA) is 32.8 Å². The van der Waals surface area contributed by atoms with E-state index < -0.39 is 5.82 Å². The van der Waals surface area contributed by atoms with Gasteiger partial charge in [-0.2, -0.15) is 0 Å². The first-order chi connectivity index (χ1) is 14.6. The fraction of sp³-hybridized carbons (Fsp3) is 0.480. The Morgan fingerprint density at radius 3 is 2.57 bits per heavy atom. The molecule has 2 aromatic rings. The van der Waals surface area contributed by atoms with E-state index in [1.54, 1.807) is 12.1 Å². The maximum Gasteiger partial charge on any atom is 0.254 e. The number of methoxy groups -OCH3 is 1. The number of aryl methyl sites for hydroxylation is 1. The first-order valence-corrected chi connectivity index (χ1v) is 11.0. The molecular weight excluding hydrogens is 379 g/mol. The van der Waals surface area contributed by atoms with E-state index in [-0.39, 0.29) is 17.7 Å². The van der Waals surface area contributed by atoms with Gasteiger partial charge in [0, 0.05) is 37.2 Å². The predicted octanol–water partition coefficient (Wildman–Crippen LogP) is 4.44. The second-order valence-corrected chi connectivity index (χ2v) is 9.07. The number of amides is 1. The standard InChI is InChI=1S/C25H29FN2O2/c1-16-6-3-4-9-20(16)24-21-15-27(19-7-5-8-19)13-18(21)14-28(24)25(29)17-10-11-23(30-2)22(26)12-17/h3-4,6,9-12,18-19,21,24H,5,7-8,13-15H2,1-2H3/t18-,21-,24+/m0/s1. The Hall–Kier alpha value is -2.40. The molecule has 0 spiro atoms. The number of ether oxygens (including phenoxy) is 1. The molecule has 3 atom stereocenters. The van der Waals surface area contributed by atoms with E-state index in [2.05, 4.69) is 30.0 Å². The molecule has 0 N–H and O–H groups in total. The van der Waals surface area contributed by atoms with Crippen LogP contribution in [-0.4, -0.2) is 48.5 Å². The Morgan fingerprint density at radius 1 is 1.10 bits per heavy atom. The highest BCUT2D eigenvalue weighted by molar-refractivity contribution is 5.95. The molecule has 0 aromatic heterocycles. The molecule has 1 amide bonds. The number of fused-ring (bicyclic) bond motifs is 1. The summed E-state index contributed by atoms with van der Waals surface area (Å²) in [5.41, 5.74) is 2.83. The van der Waals surface area contributed by atoms with E-state index in [1.165, 1.54) is 43.6 Å². The largest absolute Gasteiger partial charge is 0.494 e. The third-order valence-electron chi connectivity index (χ3n) is 7.45. The lowest BCUT2D eigenvalue weighted by Gasteiger charge is -2.37. The molecule has 1 aliphatic carbocycles. The second kappa shape index (κ2) is 7.69. The minimum Gasteiger partial charge on any atom is -0.494 e. The summed E-state index contributed by atoms with van der Waals surface area (Å²) in [5, 5.41) is 0. The molecule has 30 heavy (non-hydrogen) atoms. The van der Waals surface area contributed by atoms with Crippen LogP contribution in [0.4, 0.5) is 4.39 Å². The van der Waals surface area contributed by atoms with Crippen LogP contribution in [0.25, 0.3) is 0 Å². The molecular formula is C25H29FN2O2. The van der Waals surface area contributed by atoms with Crippen LogP contribution >= 0.6 is 0 Å². The summed E-state index contributed by atoms with van der Waals surface area (Å²) < 4.78 is 19.3. The van der Waals surface area contributed by atoms with Crippen LogP contribution < -0.4 is 4.74 Å². The zero-order valence-corrected chi connectivity index (χ0v) is 17.7. The van der Waals surface area contributed by atoms with Crippen molar-refractivity contribution in [3.63, 3.8) is 0 Å². The summed E-state index contributed by atoms with van der Waals surface area (Å²) in [6, 6.07) is 13.7. The Bertz CT molecular complexity index is 958. The van der Waals surface area contributed by atoms with Gasteiger partial charge in [0.2, 0.25) is 0 Å². The normalized spacial score (nSPS) is 26.5. The van der Waals surface area contributed by atoms with Crippen molar-refractivity contribution in [1.82, 2.24) is 9.80 Å². The van der Waals surface area contributed by atoms with Gasteiger partial charge >= 0.3 is 0 Å². The molecule has 158 valence electrons. The van der Waals surface area contributed by atoms with Gasteiger partial charge in [-0.25, -0.2) is 4.39 Å². The van der Waals surface area contributed by atoms with Gasteiger partial charge in [-0.15, -0.1) is 0 Å². The van der Waals surface area contributed by atoms with Crippen molar-refractivity contribution in [3.8, 4) is 5.75 Å². The number of carbonyl (C=O) groups is 1. The van der Waals surface area contributed by atoms with Gasteiger partial charge in [-0.3, -0.25) is 9.69 Å². The number of nitrogens with zero attached hydrogens (tertiary/aromatic N) is 2. The molecule has 5 rings (SSSR count). The van der Waals surface area contributed by atoms with E-state index in [4.69, 9.17) is 4.74 Å². The van der Waals surface area contributed by atoms with Crippen LogP contribution in [-0.2, 0) is 0 Å². The molecule has 2 heterocycles. The highest BCUT2D eigenvalue weighted by Gasteiger charge is 2.50. The number of carbonyl (C=O) groups excluding carboxylic acids is 1. The average Bonchev–Trinajstić information content (AvgIpc) is 3.24. The Balaban J connectivity index is 1.47. The van der Waals surface area contributed by atoms with E-state index >= 15 is 0 Å². The molecule has 2 saturated heterocycles. The van der Waals surface area contributed by atoms with Crippen molar-refractivity contribution in [3.05, 3.63) is 65.0 Å². The molecule has 3 aliphatic rings. The van der Waals surface area contributed by atoms with Gasteiger partial charge in [0.25, 0.3) is 5.91 Å². The minimum atomic E-state index is -0.494. The quantitative estimate of drug-likeness (QED) is 0.750. The fourth-order valence-corrected chi connectivity index (χ4v) is 5.62. The molecule has 2 aromatic carbocycles. The summed E-state index contributed by atoms with van der Waals surface area (Å²) >= 11 is 0. The number of hydrogen-bond acceptors (Lipinski definition) is 3. The molecule has 5 heteroatoms. The lowest BCUT2D eigenvalue weighted by atomic mass is 9.87. The van der Waals surface area contributed by atoms with Gasteiger partial charge in [-0.1, -0.05) is 30.7 Å². The Kier molecular flexibility index (Phi) is 5.02. The van der Waals surface area contributed by atoms with Crippen molar-refractivity contribution in [2.45, 2.75) is 38.3 Å². The van der Waals surface area contributed by atoms with Gasteiger partial charge in [0.15, 0.2) is 11.6 Å². The number of rotatable bonds is 4. The van der Waals surface area contributed by atoms with E-state index in [0.29, 0.717) is 17.4 Å². The first-order valence-electron chi connectivity index (χ1n) is 11.0. The van der Waals surface area contributed by atoms with Crippen LogP contribution in [0.2, 0.25) is 0 Å². The lowest BCUT2D eigenvalue weighted by molar-refractivity contribution is 0.0676. The van der Waals surface area contributed by atoms with Crippen molar-refractivity contribution in [2.75, 3.05) is 26.7 Å². The molecule has 0 bridgehead atoms. The van der Waals surface area contributed by atoms with Gasteiger partial charge in [0.05, 0.1) is 13.2 Å². The Morgan fingerprint density at radius 2 is 1.90 bits per heavy atom. The van der Waals surface area contributed by atoms with E-state index in [1.807, 2.05) is 11.0 Å². The van der Waals surface area contributed by atoms with Crippen molar-refractivity contribution in [2.24, 2.45) is 11.8 Å². The summed E-state index contributed by atoms with van der Waals surface area (Å²) in [6.45, 7) is 4.98. The number of benzene rings is 2. The first kappa shape index (κ1) is 19.6. The summed E-state index contributed by atoms with van der Waals surface area (Å²) in [5.74, 6) is 0.484. The monoisotopic (exact) mass is 408 g/mol. The van der Waals surface area contributed by atoms with Crippen molar-refractivity contribution >= 4 is 5.91 Å². The van der Waals surface area contributed by atoms with Gasteiger partial charge in [0.1, 0.15) is 0 Å². The molecule has 2 aliphatic heterocycles. The number of hydrogen-bond donors (Lipinski definition) is 0. The van der Waals surface area contributed by atoms with Crippen molar-refractivity contribution in [1.29, 1.82) is 0 Å². The van der Waals surface area contributed by atoms with Crippen molar-refractivity contribution < 1.29 is 13.9 Å². The molecule has 0 radical (unpaired) electrons. The summed E-state index contributed by atoms with van der Waals surface area (Å²) in [6.07, 6.45) is 3.95. The number of halogens is 1. The smallest absolute Gasteiger partial charge is 0.254 e. The third-order valence-corrected chi connectivity index (χ3v) is 7.45. The molecule has 3 fully saturated rings. The fourth-order valence-electron chi connectivity index (χ4n) is 5.62. The minimum absolute atomic E-state index is 0.0407. The van der Waals surface area contributed by atoms with E-state index in [0.717, 1.165) is 25.7 Å². The van der Waals surface area contributed by atoms with Crippen LogP contribution in [0.3, 0.4) is 0 Å². The van der Waals surface area contributed by atoms with Crippen LogP contribution in [0.15, 0.2) is 42.5 Å². The molecule has 1 saturated carbocycles. The second-order valence-electron chi connectivity index (χ2n) is 9.07. The zero-order chi connectivity index (χ0) is 20.8. The third kappa shape index (κ3) is 3.20.